The van der Waals surface area contributed by atoms with Gasteiger partial charge in [0.15, 0.2) is 17.6 Å². The molecule has 1 aromatic carbocycles. The molecule has 2 bridgehead atoms. The molecule has 0 amide bonds. The van der Waals surface area contributed by atoms with E-state index in [0.29, 0.717) is 6.61 Å². The SMILES string of the molecule is CC(=O)[C@@H]1[C@H]2[C@H](C(=O)[C@H]3OC[C@@H]2O3)[C@H]2c3ccccc3C=C[NH+]12. The lowest BCUT2D eigenvalue weighted by atomic mass is 9.76. The first-order valence-corrected chi connectivity index (χ1v) is 8.12. The first-order chi connectivity index (χ1) is 11.2. The summed E-state index contributed by atoms with van der Waals surface area (Å²) in [7, 11) is 0. The minimum atomic E-state index is -0.744. The number of hydrogen-bond acceptors (Lipinski definition) is 4. The molecule has 0 saturated carbocycles. The number of nitrogens with one attached hydrogen (secondary N) is 1. The van der Waals surface area contributed by atoms with E-state index >= 15 is 0 Å². The number of Topliss-reactive ketones (excluding diaryl/α,β-unsaturated/α-hetero) is 2. The van der Waals surface area contributed by atoms with Crippen molar-refractivity contribution in [3.05, 3.63) is 41.6 Å². The molecule has 4 heterocycles. The molecule has 5 rings (SSSR count). The lowest BCUT2D eigenvalue weighted by Gasteiger charge is -2.30. The molecule has 0 radical (unpaired) electrons. The molecule has 23 heavy (non-hydrogen) atoms. The van der Waals surface area contributed by atoms with E-state index in [-0.39, 0.29) is 41.6 Å². The van der Waals surface area contributed by atoms with Crippen LogP contribution in [0.5, 0.6) is 0 Å². The van der Waals surface area contributed by atoms with Crippen molar-refractivity contribution < 1.29 is 24.0 Å². The lowest BCUT2D eigenvalue weighted by molar-refractivity contribution is -0.885. The van der Waals surface area contributed by atoms with Crippen molar-refractivity contribution in [3.8, 4) is 0 Å². The highest BCUT2D eigenvalue weighted by Crippen LogP contribution is 2.46. The molecule has 3 saturated heterocycles. The first-order valence-electron chi connectivity index (χ1n) is 8.12. The van der Waals surface area contributed by atoms with Gasteiger partial charge in [0.25, 0.3) is 0 Å². The molecule has 1 aromatic rings. The summed E-state index contributed by atoms with van der Waals surface area (Å²) in [4.78, 5) is 26.4. The maximum atomic E-state index is 12.9. The number of carbonyl (C=O) groups excluding carboxylic acids is 2. The highest BCUT2D eigenvalue weighted by atomic mass is 16.7. The van der Waals surface area contributed by atoms with Gasteiger partial charge in [-0.3, -0.25) is 14.5 Å². The van der Waals surface area contributed by atoms with Crippen molar-refractivity contribution in [3.63, 3.8) is 0 Å². The molecule has 4 aliphatic rings. The zero-order valence-corrected chi connectivity index (χ0v) is 12.8. The Kier molecular flexibility index (Phi) is 2.72. The molecule has 0 aromatic heterocycles. The largest absolute Gasteiger partial charge is 0.343 e. The summed E-state index contributed by atoms with van der Waals surface area (Å²) in [5, 5.41) is 0. The van der Waals surface area contributed by atoms with Crippen molar-refractivity contribution in [2.75, 3.05) is 6.61 Å². The van der Waals surface area contributed by atoms with Crippen molar-refractivity contribution in [2.45, 2.75) is 31.4 Å². The average Bonchev–Trinajstić information content (AvgIpc) is 3.13. The fourth-order valence-corrected chi connectivity index (χ4v) is 5.00. The Morgan fingerprint density at radius 2 is 2.13 bits per heavy atom. The van der Waals surface area contributed by atoms with Gasteiger partial charge in [0.05, 0.1) is 30.7 Å². The quantitative estimate of drug-likeness (QED) is 0.800. The number of fused-ring (bicyclic) bond motifs is 8. The summed E-state index contributed by atoms with van der Waals surface area (Å²) in [5.41, 5.74) is 2.29. The van der Waals surface area contributed by atoms with E-state index in [0.717, 1.165) is 16.0 Å². The third-order valence-electron chi connectivity index (χ3n) is 5.80. The van der Waals surface area contributed by atoms with Crippen LogP contribution in [0.25, 0.3) is 6.08 Å². The predicted molar refractivity (Wildman–Crippen MR) is 80.2 cm³/mol. The highest BCUT2D eigenvalue weighted by molar-refractivity contribution is 5.90. The number of hydrogen-bond donors (Lipinski definition) is 1. The number of benzene rings is 1. The van der Waals surface area contributed by atoms with Gasteiger partial charge in [-0.2, -0.15) is 0 Å². The van der Waals surface area contributed by atoms with Crippen LogP contribution in [-0.2, 0) is 19.1 Å². The number of carbonyl (C=O) groups is 2. The molecule has 0 spiro atoms. The number of ether oxygens (including phenoxy) is 2. The second kappa shape index (κ2) is 4.60. The summed E-state index contributed by atoms with van der Waals surface area (Å²) in [5.74, 6) is -0.200. The van der Waals surface area contributed by atoms with Crippen LogP contribution in [0.4, 0.5) is 0 Å². The molecule has 118 valence electrons. The monoisotopic (exact) mass is 312 g/mol. The fourth-order valence-electron chi connectivity index (χ4n) is 5.00. The number of quaternary nitrogens is 1. The van der Waals surface area contributed by atoms with Gasteiger partial charge in [0, 0.05) is 12.5 Å². The van der Waals surface area contributed by atoms with Crippen LogP contribution >= 0.6 is 0 Å². The standard InChI is InChI=1S/C18H17NO4/c1-9(20)15-13-12-8-22-18(23-12)17(21)14(13)16-11-5-3-2-4-10(11)6-7-19(15)16/h2-7,12-16,18H,8H2,1H3/p+1/t12-,13+,14-,15+,16+,18-/m0/s1. The Balaban J connectivity index is 1.70. The second-order valence-electron chi connectivity index (χ2n) is 6.87. The van der Waals surface area contributed by atoms with Gasteiger partial charge < -0.3 is 9.47 Å². The smallest absolute Gasteiger partial charge is 0.218 e. The predicted octanol–water partition coefficient (Wildman–Crippen LogP) is 0.125. The van der Waals surface area contributed by atoms with Crippen LogP contribution in [0.15, 0.2) is 30.5 Å². The van der Waals surface area contributed by atoms with Gasteiger partial charge in [-0.15, -0.1) is 0 Å². The van der Waals surface area contributed by atoms with E-state index in [2.05, 4.69) is 24.4 Å². The minimum absolute atomic E-state index is 0.0000954. The van der Waals surface area contributed by atoms with Gasteiger partial charge in [-0.25, -0.2) is 0 Å². The maximum Gasteiger partial charge on any atom is 0.218 e. The van der Waals surface area contributed by atoms with Crippen LogP contribution < -0.4 is 4.90 Å². The van der Waals surface area contributed by atoms with Crippen LogP contribution in [0.2, 0.25) is 0 Å². The summed E-state index contributed by atoms with van der Waals surface area (Å²) in [6.45, 7) is 2.03. The normalized spacial score (nSPS) is 43.0. The molecular formula is C18H18NO4+. The van der Waals surface area contributed by atoms with Gasteiger partial charge in [0.1, 0.15) is 6.04 Å². The third kappa shape index (κ3) is 1.67. The van der Waals surface area contributed by atoms with Crippen molar-refractivity contribution >= 4 is 17.6 Å². The van der Waals surface area contributed by atoms with E-state index in [9.17, 15) is 9.59 Å². The van der Waals surface area contributed by atoms with E-state index in [1.54, 1.807) is 6.92 Å². The summed E-state index contributed by atoms with van der Waals surface area (Å²) >= 11 is 0. The molecule has 0 aliphatic carbocycles. The molecule has 5 nitrogen and oxygen atoms in total. The van der Waals surface area contributed by atoms with Crippen LogP contribution in [0.3, 0.4) is 0 Å². The van der Waals surface area contributed by atoms with Gasteiger partial charge in [0.2, 0.25) is 6.29 Å². The molecular weight excluding hydrogens is 294 g/mol. The van der Waals surface area contributed by atoms with Crippen molar-refractivity contribution in [2.24, 2.45) is 11.8 Å². The second-order valence-corrected chi connectivity index (χ2v) is 6.87. The summed E-state index contributed by atoms with van der Waals surface area (Å²) in [6, 6.07) is 7.88. The topological polar surface area (TPSA) is 57.0 Å². The molecule has 5 heteroatoms. The van der Waals surface area contributed by atoms with Crippen molar-refractivity contribution in [1.82, 2.24) is 0 Å². The van der Waals surface area contributed by atoms with Gasteiger partial charge >= 0.3 is 0 Å². The Morgan fingerprint density at radius 3 is 2.96 bits per heavy atom. The van der Waals surface area contributed by atoms with Gasteiger partial charge in [-0.05, 0) is 11.6 Å². The van der Waals surface area contributed by atoms with E-state index in [4.69, 9.17) is 9.47 Å². The van der Waals surface area contributed by atoms with Crippen LogP contribution in [0, 0.1) is 11.8 Å². The zero-order chi connectivity index (χ0) is 15.7. The minimum Gasteiger partial charge on any atom is -0.343 e. The summed E-state index contributed by atoms with van der Waals surface area (Å²) < 4.78 is 11.2. The van der Waals surface area contributed by atoms with Crippen LogP contribution in [-0.4, -0.2) is 36.6 Å². The Hall–Kier alpha value is -1.82. The zero-order valence-electron chi connectivity index (χ0n) is 12.8. The molecule has 4 aliphatic heterocycles. The van der Waals surface area contributed by atoms with Crippen LogP contribution in [0.1, 0.15) is 24.1 Å². The Bertz CT molecular complexity index is 742. The molecule has 1 unspecified atom stereocenters. The van der Waals surface area contributed by atoms with E-state index in [1.165, 1.54) is 0 Å². The number of ketones is 2. The highest BCUT2D eigenvalue weighted by Gasteiger charge is 2.66. The first kappa shape index (κ1) is 13.6. The third-order valence-corrected chi connectivity index (χ3v) is 5.80. The molecule has 7 atom stereocenters. The average molecular weight is 312 g/mol. The van der Waals surface area contributed by atoms with E-state index in [1.807, 2.05) is 12.1 Å². The Labute approximate surface area is 133 Å². The van der Waals surface area contributed by atoms with Crippen molar-refractivity contribution in [1.29, 1.82) is 0 Å². The van der Waals surface area contributed by atoms with E-state index < -0.39 is 6.29 Å². The van der Waals surface area contributed by atoms with Gasteiger partial charge in [-0.1, -0.05) is 24.3 Å². The summed E-state index contributed by atoms with van der Waals surface area (Å²) in [6.07, 6.45) is 3.22. The fraction of sp³-hybridized carbons (Fsp3) is 0.444. The maximum absolute atomic E-state index is 12.9. The molecule has 1 N–H and O–H groups in total. The Morgan fingerprint density at radius 1 is 1.30 bits per heavy atom. The number of rotatable bonds is 1. The lowest BCUT2D eigenvalue weighted by Crippen LogP contribution is -3.11. The molecule has 3 fully saturated rings.